The fraction of sp³-hybridized carbons (Fsp3) is 0.0732. The molecule has 6 aromatic carbocycles. The minimum atomic E-state index is -3.72. The first-order chi connectivity index (χ1) is 24.6. The summed E-state index contributed by atoms with van der Waals surface area (Å²) in [6.07, 6.45) is 0.681. The van der Waals surface area contributed by atoms with Gasteiger partial charge in [0.25, 0.3) is 10.1 Å². The van der Waals surface area contributed by atoms with Gasteiger partial charge in [-0.1, -0.05) is 104 Å². The smallest absolute Gasteiger partial charge is 0.343 e. The number of hydrogen-bond acceptors (Lipinski definition) is 8. The van der Waals surface area contributed by atoms with Crippen molar-refractivity contribution >= 4 is 43.8 Å². The van der Waals surface area contributed by atoms with Gasteiger partial charge in [-0.15, -0.1) is 0 Å². The van der Waals surface area contributed by atoms with Crippen LogP contribution < -0.4 is 10.4 Å². The van der Waals surface area contributed by atoms with Crippen LogP contribution in [0, 0.1) is 0 Å². The second-order valence-corrected chi connectivity index (χ2v) is 15.9. The van der Waals surface area contributed by atoms with Crippen molar-refractivity contribution in [1.29, 1.82) is 0 Å². The SMILES string of the molecule is C.COC(=O)c1ccccc1[S+](c1ccccc1)c1ccccc1.CS(=O)(=O)O[O-].O=C([O-])c1ccccc1[S+](c1ccccc1)c1ccccc1. The first kappa shape index (κ1) is 41.3. The highest BCUT2D eigenvalue weighted by atomic mass is 32.2. The van der Waals surface area contributed by atoms with Gasteiger partial charge in [-0.25, -0.2) is 13.2 Å². The number of carboxylic acids is 1. The standard InChI is InChI=1S/C20H17O2S.C19H14O2S.CH4O4S.CH4/c1-22-20(21)18-14-8-9-15-19(18)23(16-10-4-2-5-11-16)17-12-6-3-7-13-17;20-19(21)17-13-7-8-14-18(17)22(15-9-3-1-4-10-15)16-11-5-2-6-12-16;1-6(3,4)5-2;/h2-15H,1H3;1-14H;2H,1H3;1H4/q+1;;;/p-1. The molecule has 0 aliphatic heterocycles. The number of carbonyl (C=O) groups excluding carboxylic acids is 2. The van der Waals surface area contributed by atoms with E-state index in [2.05, 4.69) is 28.6 Å². The summed E-state index contributed by atoms with van der Waals surface area (Å²) >= 11 is 0. The lowest BCUT2D eigenvalue weighted by atomic mass is 10.2. The fourth-order valence-corrected chi connectivity index (χ4v) is 9.19. The van der Waals surface area contributed by atoms with Crippen molar-refractivity contribution < 1.29 is 37.4 Å². The molecule has 0 radical (unpaired) electrons. The minimum Gasteiger partial charge on any atom is -0.707 e. The van der Waals surface area contributed by atoms with Crippen LogP contribution >= 0.6 is 0 Å². The Kier molecular flexibility index (Phi) is 16.4. The Morgan fingerprint density at radius 1 is 0.519 bits per heavy atom. The molecule has 0 unspecified atom stereocenters. The van der Waals surface area contributed by atoms with E-state index < -0.39 is 27.0 Å². The highest BCUT2D eigenvalue weighted by Crippen LogP contribution is 2.34. The number of benzene rings is 6. The quantitative estimate of drug-likeness (QED) is 0.0700. The molecule has 0 amide bonds. The summed E-state index contributed by atoms with van der Waals surface area (Å²) < 4.78 is 26.6. The van der Waals surface area contributed by atoms with Gasteiger partial charge in [0.15, 0.2) is 29.4 Å². The summed E-state index contributed by atoms with van der Waals surface area (Å²) in [5.74, 6) is -1.44. The lowest BCUT2D eigenvalue weighted by Crippen LogP contribution is -2.24. The molecule has 6 aromatic rings. The molecule has 0 bridgehead atoms. The Morgan fingerprint density at radius 3 is 1.08 bits per heavy atom. The Morgan fingerprint density at radius 2 is 0.788 bits per heavy atom. The molecule has 0 fully saturated rings. The Hall–Kier alpha value is -5.17. The van der Waals surface area contributed by atoms with E-state index in [4.69, 9.17) is 9.99 Å². The molecule has 0 saturated carbocycles. The molecule has 0 heterocycles. The number of aromatic carboxylic acids is 1. The average Bonchev–Trinajstić information content (AvgIpc) is 3.17. The minimum absolute atomic E-state index is 0. The van der Waals surface area contributed by atoms with Crippen LogP contribution in [0.2, 0.25) is 0 Å². The molecule has 268 valence electrons. The first-order valence-corrected chi connectivity index (χ1v) is 19.6. The second-order valence-electron chi connectivity index (χ2n) is 10.4. The number of esters is 1. The lowest BCUT2D eigenvalue weighted by molar-refractivity contribution is -0.634. The van der Waals surface area contributed by atoms with Gasteiger partial charge < -0.3 is 24.2 Å². The summed E-state index contributed by atoms with van der Waals surface area (Å²) in [6, 6.07) is 55.2. The Balaban J connectivity index is 0.000000239. The van der Waals surface area contributed by atoms with Crippen molar-refractivity contribution in [3.8, 4) is 0 Å². The predicted molar refractivity (Wildman–Crippen MR) is 201 cm³/mol. The zero-order valence-electron chi connectivity index (χ0n) is 27.7. The Labute approximate surface area is 311 Å². The number of ether oxygens (including phenoxy) is 1. The highest BCUT2D eigenvalue weighted by Gasteiger charge is 2.33. The van der Waals surface area contributed by atoms with Crippen LogP contribution in [0.1, 0.15) is 28.1 Å². The van der Waals surface area contributed by atoms with E-state index in [1.807, 2.05) is 133 Å². The fourth-order valence-electron chi connectivity index (χ4n) is 4.74. The number of carbonyl (C=O) groups is 2. The van der Waals surface area contributed by atoms with Crippen molar-refractivity contribution in [2.24, 2.45) is 0 Å². The highest BCUT2D eigenvalue weighted by molar-refractivity contribution is 7.97. The van der Waals surface area contributed by atoms with Crippen LogP contribution in [0.5, 0.6) is 0 Å². The maximum Gasteiger partial charge on any atom is 0.343 e. The maximum atomic E-state index is 12.2. The summed E-state index contributed by atoms with van der Waals surface area (Å²) in [4.78, 5) is 29.9. The second kappa shape index (κ2) is 20.6. The zero-order chi connectivity index (χ0) is 36.6. The molecular weight excluding hydrogens is 717 g/mol. The third-order valence-electron chi connectivity index (χ3n) is 6.88. The van der Waals surface area contributed by atoms with Gasteiger partial charge in [-0.2, -0.15) is 0 Å². The molecule has 0 spiro atoms. The van der Waals surface area contributed by atoms with Crippen LogP contribution in [0.25, 0.3) is 0 Å². The number of carboxylic acid groups (broad SMARTS) is 1. The van der Waals surface area contributed by atoms with Gasteiger partial charge in [0.2, 0.25) is 0 Å². The number of methoxy groups -OCH3 is 1. The summed E-state index contributed by atoms with van der Waals surface area (Å²) in [6.45, 7) is 0. The van der Waals surface area contributed by atoms with Crippen LogP contribution in [0.15, 0.2) is 199 Å². The molecular formula is C41H38O8S3. The van der Waals surface area contributed by atoms with Crippen LogP contribution in [-0.2, 0) is 41.0 Å². The first-order valence-electron chi connectivity index (χ1n) is 15.3. The summed E-state index contributed by atoms with van der Waals surface area (Å²) in [5.41, 5.74) is 0.865. The monoisotopic (exact) mass is 754 g/mol. The molecule has 11 heteroatoms. The molecule has 0 N–H and O–H groups in total. The van der Waals surface area contributed by atoms with Crippen LogP contribution in [0.4, 0.5) is 0 Å². The van der Waals surface area contributed by atoms with Gasteiger partial charge in [-0.3, -0.25) is 0 Å². The normalized spacial score (nSPS) is 10.5. The summed E-state index contributed by atoms with van der Waals surface area (Å²) in [5, 5.41) is 20.3. The van der Waals surface area contributed by atoms with Crippen LogP contribution in [0.3, 0.4) is 0 Å². The number of rotatable bonds is 9. The van der Waals surface area contributed by atoms with E-state index in [1.165, 1.54) is 16.9 Å². The van der Waals surface area contributed by atoms with Gasteiger partial charge >= 0.3 is 5.97 Å². The van der Waals surface area contributed by atoms with Crippen molar-refractivity contribution in [3.05, 3.63) is 181 Å². The van der Waals surface area contributed by atoms with E-state index in [9.17, 15) is 23.1 Å². The molecule has 0 saturated heterocycles. The third-order valence-corrected chi connectivity index (χ3v) is 11.7. The zero-order valence-corrected chi connectivity index (χ0v) is 30.1. The van der Waals surface area contributed by atoms with E-state index in [0.717, 1.165) is 19.6 Å². The topological polar surface area (TPSA) is 133 Å². The van der Waals surface area contributed by atoms with Gasteiger partial charge in [0.1, 0.15) is 16.5 Å². The summed E-state index contributed by atoms with van der Waals surface area (Å²) in [7, 11) is -3.12. The van der Waals surface area contributed by atoms with Crippen molar-refractivity contribution in [2.45, 2.75) is 36.8 Å². The van der Waals surface area contributed by atoms with E-state index >= 15 is 0 Å². The molecule has 52 heavy (non-hydrogen) atoms. The molecule has 0 aromatic heterocycles. The molecule has 0 aliphatic rings. The largest absolute Gasteiger partial charge is 0.707 e. The van der Waals surface area contributed by atoms with Gasteiger partial charge in [-0.05, 0) is 72.8 Å². The van der Waals surface area contributed by atoms with E-state index in [-0.39, 0.29) is 29.9 Å². The lowest BCUT2D eigenvalue weighted by Gasteiger charge is -2.12. The van der Waals surface area contributed by atoms with Gasteiger partial charge in [0.05, 0.1) is 35.8 Å². The third kappa shape index (κ3) is 11.7. The van der Waals surface area contributed by atoms with E-state index in [1.54, 1.807) is 12.1 Å². The predicted octanol–water partition coefficient (Wildman–Crippen LogP) is 6.59. The van der Waals surface area contributed by atoms with Crippen molar-refractivity contribution in [2.75, 3.05) is 13.4 Å². The average molecular weight is 755 g/mol. The molecule has 0 atom stereocenters. The number of hydrogen-bond donors (Lipinski definition) is 0. The van der Waals surface area contributed by atoms with Gasteiger partial charge in [0, 0.05) is 0 Å². The van der Waals surface area contributed by atoms with Crippen molar-refractivity contribution in [1.82, 2.24) is 0 Å². The molecule has 8 nitrogen and oxygen atoms in total. The van der Waals surface area contributed by atoms with Crippen LogP contribution in [-0.4, -0.2) is 33.7 Å². The Bertz CT molecular complexity index is 2020. The van der Waals surface area contributed by atoms with Crippen molar-refractivity contribution in [3.63, 3.8) is 0 Å². The molecule has 6 rings (SSSR count). The maximum absolute atomic E-state index is 12.2. The van der Waals surface area contributed by atoms with E-state index in [0.29, 0.717) is 11.8 Å². The molecule has 0 aliphatic carbocycles.